The molecule has 3 rings (SSSR count). The number of fused-ring (bicyclic) bond motifs is 1. The Morgan fingerprint density at radius 2 is 1.93 bits per heavy atom. The molecule has 0 spiro atoms. The van der Waals surface area contributed by atoms with Crippen molar-refractivity contribution in [3.63, 3.8) is 0 Å². The second kappa shape index (κ2) is 7.98. The molecule has 0 bridgehead atoms. The number of rotatable bonds is 7. The van der Waals surface area contributed by atoms with Crippen molar-refractivity contribution in [3.8, 4) is 0 Å². The standard InChI is InChI=1S/C15H13N3O9S3/c1-27-15(13(26)18-6(10(24)25)4(2-19)3-28-14(15)18)17-8(21)12-29-11(30-12)5(7(16)20)9(22)23/h2,12,14H,3H2,1H3,(H2,16,20)(H,17,21)(H,22,23)(H,24,25)/t12?,14-,15+/m1/s1. The maximum Gasteiger partial charge on any atom is 0.353 e. The minimum absolute atomic E-state index is 0.000951. The van der Waals surface area contributed by atoms with Gasteiger partial charge in [0.15, 0.2) is 0 Å². The summed E-state index contributed by atoms with van der Waals surface area (Å²) in [6.45, 7) is 0. The average Bonchev–Trinajstić information content (AvgIpc) is 2.65. The van der Waals surface area contributed by atoms with E-state index >= 15 is 0 Å². The second-order valence-corrected chi connectivity index (χ2v) is 9.82. The Morgan fingerprint density at radius 3 is 2.40 bits per heavy atom. The van der Waals surface area contributed by atoms with Crippen LogP contribution in [0.2, 0.25) is 0 Å². The molecule has 0 aromatic carbocycles. The number of nitrogens with zero attached hydrogens (tertiary/aromatic N) is 1. The zero-order valence-electron chi connectivity index (χ0n) is 14.9. The fourth-order valence-electron chi connectivity index (χ4n) is 2.96. The molecule has 15 heteroatoms. The van der Waals surface area contributed by atoms with Crippen molar-refractivity contribution < 1.29 is 43.7 Å². The molecule has 2 fully saturated rings. The summed E-state index contributed by atoms with van der Waals surface area (Å²) in [7, 11) is 1.16. The number of aldehydes is 1. The van der Waals surface area contributed by atoms with Gasteiger partial charge in [0.05, 0.1) is 4.24 Å². The normalized spacial score (nSPS) is 27.4. The highest BCUT2D eigenvalue weighted by atomic mass is 32.3. The SMILES string of the molecule is CO[C@@]1(NC(=O)C2SC(=C(C(N)=O)C(=O)O)S2)C(=O)N2C(C(=O)O)=C(C=O)CS[C@@H]21. The summed E-state index contributed by atoms with van der Waals surface area (Å²) < 4.78 is 4.42. The Morgan fingerprint density at radius 1 is 1.30 bits per heavy atom. The van der Waals surface area contributed by atoms with E-state index in [4.69, 9.17) is 15.6 Å². The average molecular weight is 475 g/mol. The van der Waals surface area contributed by atoms with Crippen LogP contribution in [0, 0.1) is 0 Å². The second-order valence-electron chi connectivity index (χ2n) is 5.96. The highest BCUT2D eigenvalue weighted by molar-refractivity contribution is 8.39. The number of β-lactam (4-membered cyclic amide) rings is 1. The first kappa shape index (κ1) is 22.2. The lowest BCUT2D eigenvalue weighted by Gasteiger charge is -2.55. The number of aliphatic carboxylic acids is 2. The third-order valence-electron chi connectivity index (χ3n) is 4.34. The van der Waals surface area contributed by atoms with Crippen molar-refractivity contribution in [2.45, 2.75) is 15.7 Å². The van der Waals surface area contributed by atoms with Crippen LogP contribution in [0.5, 0.6) is 0 Å². The zero-order valence-corrected chi connectivity index (χ0v) is 17.4. The number of carboxylic acids is 2. The van der Waals surface area contributed by atoms with Gasteiger partial charge in [-0.2, -0.15) is 0 Å². The summed E-state index contributed by atoms with van der Waals surface area (Å²) in [5.41, 5.74) is 2.00. The fraction of sp³-hybridized carbons (Fsp3) is 0.333. The third-order valence-corrected chi connectivity index (χ3v) is 8.53. The van der Waals surface area contributed by atoms with Crippen LogP contribution in [-0.4, -0.2) is 79.6 Å². The number of nitrogens with two attached hydrogens (primary N) is 1. The van der Waals surface area contributed by atoms with E-state index in [1.165, 1.54) is 0 Å². The number of ether oxygens (including phenoxy) is 1. The number of nitrogens with one attached hydrogen (secondary N) is 1. The van der Waals surface area contributed by atoms with Crippen molar-refractivity contribution >= 4 is 71.2 Å². The molecule has 30 heavy (non-hydrogen) atoms. The number of primary amides is 1. The largest absolute Gasteiger partial charge is 0.477 e. The predicted octanol–water partition coefficient (Wildman–Crippen LogP) is -1.51. The topological polar surface area (TPSA) is 193 Å². The quantitative estimate of drug-likeness (QED) is 0.0831. The van der Waals surface area contributed by atoms with Gasteiger partial charge in [-0.3, -0.25) is 24.1 Å². The molecule has 0 saturated carbocycles. The summed E-state index contributed by atoms with van der Waals surface area (Å²) in [5, 5.41) is 19.9. The number of methoxy groups -OCH3 is 1. The molecule has 2 atom stereocenters. The Kier molecular flexibility index (Phi) is 5.90. The number of carbonyl (C=O) groups excluding carboxylic acids is 4. The molecule has 0 aromatic heterocycles. The number of carbonyl (C=O) groups is 6. The van der Waals surface area contributed by atoms with Crippen LogP contribution in [0.3, 0.4) is 0 Å². The third kappa shape index (κ3) is 3.27. The van der Waals surface area contributed by atoms with E-state index in [1.54, 1.807) is 0 Å². The molecule has 3 amide bonds. The maximum atomic E-state index is 12.7. The molecule has 5 N–H and O–H groups in total. The summed E-state index contributed by atoms with van der Waals surface area (Å²) in [6, 6.07) is 0. The van der Waals surface area contributed by atoms with E-state index in [2.05, 4.69) is 5.32 Å². The number of carboxylic acid groups (broad SMARTS) is 2. The van der Waals surface area contributed by atoms with E-state index < -0.39 is 56.6 Å². The highest BCUT2D eigenvalue weighted by Gasteiger charge is 2.67. The van der Waals surface area contributed by atoms with Gasteiger partial charge in [0.25, 0.3) is 17.5 Å². The molecule has 0 unspecified atom stereocenters. The monoisotopic (exact) mass is 475 g/mol. The lowest BCUT2D eigenvalue weighted by Crippen LogP contribution is -2.81. The van der Waals surface area contributed by atoms with Gasteiger partial charge in [-0.1, -0.05) is 23.5 Å². The summed E-state index contributed by atoms with van der Waals surface area (Å²) in [5.74, 6) is -5.68. The summed E-state index contributed by atoms with van der Waals surface area (Å²) in [4.78, 5) is 71.1. The summed E-state index contributed by atoms with van der Waals surface area (Å²) in [6.07, 6.45) is 0.361. The van der Waals surface area contributed by atoms with Gasteiger partial charge in [-0.15, -0.1) is 11.8 Å². The smallest absolute Gasteiger partial charge is 0.353 e. The molecule has 0 aliphatic carbocycles. The molecule has 3 aliphatic rings. The minimum Gasteiger partial charge on any atom is -0.477 e. The molecular formula is C15H13N3O9S3. The van der Waals surface area contributed by atoms with Crippen LogP contribution in [0.15, 0.2) is 21.1 Å². The van der Waals surface area contributed by atoms with E-state index in [0.717, 1.165) is 47.3 Å². The first-order chi connectivity index (χ1) is 14.1. The lowest BCUT2D eigenvalue weighted by atomic mass is 9.98. The van der Waals surface area contributed by atoms with Crippen LogP contribution in [-0.2, 0) is 33.5 Å². The molecule has 3 heterocycles. The van der Waals surface area contributed by atoms with Crippen LogP contribution < -0.4 is 11.1 Å². The Bertz CT molecular complexity index is 938. The van der Waals surface area contributed by atoms with Gasteiger partial charge in [0.2, 0.25) is 5.91 Å². The van der Waals surface area contributed by atoms with Crippen molar-refractivity contribution in [3.05, 3.63) is 21.1 Å². The molecule has 2 saturated heterocycles. The number of thioether (sulfide) groups is 3. The predicted molar refractivity (Wildman–Crippen MR) is 105 cm³/mol. The first-order valence-electron chi connectivity index (χ1n) is 7.93. The number of hydrogen-bond donors (Lipinski definition) is 4. The minimum atomic E-state index is -1.85. The molecule has 3 aliphatic heterocycles. The zero-order chi connectivity index (χ0) is 22.4. The first-order valence-corrected chi connectivity index (χ1v) is 10.7. The van der Waals surface area contributed by atoms with Crippen molar-refractivity contribution in [1.29, 1.82) is 0 Å². The van der Waals surface area contributed by atoms with E-state index in [9.17, 15) is 33.9 Å². The maximum absolute atomic E-state index is 12.7. The fourth-order valence-corrected chi connectivity index (χ4v) is 6.56. The van der Waals surface area contributed by atoms with Gasteiger partial charge >= 0.3 is 11.9 Å². The van der Waals surface area contributed by atoms with Gasteiger partial charge in [0, 0.05) is 18.4 Å². The lowest BCUT2D eigenvalue weighted by molar-refractivity contribution is -0.192. The van der Waals surface area contributed by atoms with E-state index in [-0.39, 0.29) is 15.6 Å². The van der Waals surface area contributed by atoms with Gasteiger partial charge in [0.1, 0.15) is 27.5 Å². The van der Waals surface area contributed by atoms with Crippen molar-refractivity contribution in [2.24, 2.45) is 5.73 Å². The van der Waals surface area contributed by atoms with Gasteiger partial charge in [-0.05, 0) is 0 Å². The number of amides is 3. The number of hydrogen-bond acceptors (Lipinski definition) is 10. The van der Waals surface area contributed by atoms with Crippen molar-refractivity contribution in [2.75, 3.05) is 12.9 Å². The van der Waals surface area contributed by atoms with Crippen LogP contribution in [0.25, 0.3) is 0 Å². The summed E-state index contributed by atoms with van der Waals surface area (Å²) >= 11 is 2.61. The molecular weight excluding hydrogens is 462 g/mol. The van der Waals surface area contributed by atoms with Crippen LogP contribution in [0.4, 0.5) is 0 Å². The Balaban J connectivity index is 1.78. The van der Waals surface area contributed by atoms with Gasteiger partial charge in [-0.25, -0.2) is 9.59 Å². The molecule has 160 valence electrons. The van der Waals surface area contributed by atoms with Crippen molar-refractivity contribution in [1.82, 2.24) is 10.2 Å². The van der Waals surface area contributed by atoms with E-state index in [1.807, 2.05) is 0 Å². The molecule has 12 nitrogen and oxygen atoms in total. The van der Waals surface area contributed by atoms with Gasteiger partial charge < -0.3 is 26.0 Å². The van der Waals surface area contributed by atoms with Crippen LogP contribution >= 0.6 is 35.3 Å². The molecule has 0 radical (unpaired) electrons. The molecule has 0 aromatic rings. The highest BCUT2D eigenvalue weighted by Crippen LogP contribution is 2.53. The van der Waals surface area contributed by atoms with Crippen LogP contribution in [0.1, 0.15) is 0 Å². The van der Waals surface area contributed by atoms with E-state index in [0.29, 0.717) is 6.29 Å². The Labute approximate surface area is 180 Å². The Hall–Kier alpha value is -2.49.